The van der Waals surface area contributed by atoms with Crippen molar-refractivity contribution in [2.75, 3.05) is 11.9 Å². The molecule has 0 spiro atoms. The summed E-state index contributed by atoms with van der Waals surface area (Å²) >= 11 is 13.1. The molecule has 5 nitrogen and oxygen atoms in total. The Morgan fingerprint density at radius 3 is 2.64 bits per heavy atom. The van der Waals surface area contributed by atoms with Crippen LogP contribution in [0.25, 0.3) is 0 Å². The summed E-state index contributed by atoms with van der Waals surface area (Å²) in [6.45, 7) is 4.02. The van der Waals surface area contributed by atoms with Crippen LogP contribution in [0, 0.1) is 0 Å². The van der Waals surface area contributed by atoms with Gasteiger partial charge in [0.05, 0.1) is 5.69 Å². The van der Waals surface area contributed by atoms with E-state index in [1.54, 1.807) is 54.6 Å². The van der Waals surface area contributed by atoms with E-state index >= 15 is 0 Å². The number of nitrogens with zero attached hydrogens (tertiary/aromatic N) is 2. The molecular weight excluding hydrogens is 417 g/mol. The smallest absolute Gasteiger partial charge is 0.242 e. The van der Waals surface area contributed by atoms with Crippen molar-refractivity contribution in [1.82, 2.24) is 4.90 Å². The van der Waals surface area contributed by atoms with Crippen molar-refractivity contribution in [2.45, 2.75) is 11.7 Å². The summed E-state index contributed by atoms with van der Waals surface area (Å²) in [6, 6.07) is 13.9. The van der Waals surface area contributed by atoms with E-state index in [0.29, 0.717) is 33.1 Å². The molecule has 2 amide bonds. The maximum Gasteiger partial charge on any atom is 0.242 e. The lowest BCUT2D eigenvalue weighted by atomic mass is 10.2. The average molecular weight is 434 g/mol. The van der Waals surface area contributed by atoms with Crippen molar-refractivity contribution in [3.05, 3.63) is 71.2 Å². The second kappa shape index (κ2) is 9.28. The number of nitrogens with one attached hydrogen (secondary N) is 1. The molecule has 0 radical (unpaired) electrons. The minimum atomic E-state index is -0.551. The predicted molar refractivity (Wildman–Crippen MR) is 117 cm³/mol. The van der Waals surface area contributed by atoms with Gasteiger partial charge in [-0.25, -0.2) is 4.99 Å². The quantitative estimate of drug-likeness (QED) is 0.641. The highest BCUT2D eigenvalue weighted by Gasteiger charge is 2.38. The number of amides is 2. The first-order valence-electron chi connectivity index (χ1n) is 8.45. The SMILES string of the molecule is C=CCN1C(=O)C(CC(=O)Nc2cccc(Cl)c2)SC1=Nc1ccc(Cl)cc1. The van der Waals surface area contributed by atoms with Crippen molar-refractivity contribution in [3.63, 3.8) is 0 Å². The number of amidine groups is 1. The van der Waals surface area contributed by atoms with Crippen LogP contribution in [0.4, 0.5) is 11.4 Å². The summed E-state index contributed by atoms with van der Waals surface area (Å²) in [5, 5.41) is 3.89. The number of halogens is 2. The first kappa shape index (κ1) is 20.5. The molecule has 1 heterocycles. The molecule has 1 unspecified atom stereocenters. The van der Waals surface area contributed by atoms with E-state index in [4.69, 9.17) is 23.2 Å². The van der Waals surface area contributed by atoms with Crippen LogP contribution in [0.5, 0.6) is 0 Å². The molecule has 1 atom stereocenters. The maximum atomic E-state index is 12.7. The van der Waals surface area contributed by atoms with Gasteiger partial charge in [0.2, 0.25) is 11.8 Å². The summed E-state index contributed by atoms with van der Waals surface area (Å²) in [5.41, 5.74) is 1.27. The lowest BCUT2D eigenvalue weighted by Gasteiger charge is -2.13. The largest absolute Gasteiger partial charge is 0.326 e. The van der Waals surface area contributed by atoms with Crippen molar-refractivity contribution in [3.8, 4) is 0 Å². The molecule has 3 rings (SSSR count). The van der Waals surface area contributed by atoms with Crippen LogP contribution in [-0.2, 0) is 9.59 Å². The number of carbonyl (C=O) groups excluding carboxylic acids is 2. The molecule has 144 valence electrons. The molecule has 1 N–H and O–H groups in total. The van der Waals surface area contributed by atoms with Gasteiger partial charge in [0.25, 0.3) is 0 Å². The van der Waals surface area contributed by atoms with Crippen LogP contribution in [0.1, 0.15) is 6.42 Å². The zero-order chi connectivity index (χ0) is 20.1. The number of hydrogen-bond acceptors (Lipinski definition) is 4. The normalized spacial score (nSPS) is 17.8. The van der Waals surface area contributed by atoms with Gasteiger partial charge in [-0.2, -0.15) is 0 Å². The van der Waals surface area contributed by atoms with E-state index < -0.39 is 5.25 Å². The second-order valence-corrected chi connectivity index (χ2v) is 8.02. The lowest BCUT2D eigenvalue weighted by molar-refractivity contribution is -0.127. The van der Waals surface area contributed by atoms with Crippen LogP contribution in [0.3, 0.4) is 0 Å². The predicted octanol–water partition coefficient (Wildman–Crippen LogP) is 5.14. The molecule has 1 saturated heterocycles. The summed E-state index contributed by atoms with van der Waals surface area (Å²) < 4.78 is 0. The van der Waals surface area contributed by atoms with Gasteiger partial charge < -0.3 is 5.32 Å². The fourth-order valence-corrected chi connectivity index (χ4v) is 4.08. The summed E-state index contributed by atoms with van der Waals surface area (Å²) in [6.07, 6.45) is 1.66. The molecule has 0 saturated carbocycles. The Kier molecular flexibility index (Phi) is 6.78. The molecule has 28 heavy (non-hydrogen) atoms. The molecule has 2 aromatic rings. The Labute approximate surface area is 177 Å². The first-order valence-corrected chi connectivity index (χ1v) is 10.1. The standard InChI is InChI=1S/C20H17Cl2N3O2S/c1-2-10-25-19(27)17(12-18(26)23-16-5-3-4-14(22)11-16)28-20(25)24-15-8-6-13(21)7-9-15/h2-9,11,17H,1,10,12H2,(H,23,26). The molecule has 1 fully saturated rings. The van der Waals surface area contributed by atoms with E-state index in [-0.39, 0.29) is 18.2 Å². The Balaban J connectivity index is 1.73. The van der Waals surface area contributed by atoms with Crippen molar-refractivity contribution >= 4 is 63.3 Å². The topological polar surface area (TPSA) is 61.8 Å². The number of anilines is 1. The number of aliphatic imine (C=N–C) groups is 1. The van der Waals surface area contributed by atoms with Crippen molar-refractivity contribution in [2.24, 2.45) is 4.99 Å². The molecule has 0 aliphatic carbocycles. The Bertz CT molecular complexity index is 931. The minimum absolute atomic E-state index is 0.0310. The molecule has 0 aromatic heterocycles. The molecule has 1 aliphatic rings. The second-order valence-electron chi connectivity index (χ2n) is 5.98. The van der Waals surface area contributed by atoms with E-state index in [0.717, 1.165) is 0 Å². The number of rotatable bonds is 6. The number of thioether (sulfide) groups is 1. The zero-order valence-electron chi connectivity index (χ0n) is 14.8. The lowest BCUT2D eigenvalue weighted by Crippen LogP contribution is -2.33. The zero-order valence-corrected chi connectivity index (χ0v) is 17.1. The highest BCUT2D eigenvalue weighted by atomic mass is 35.5. The van der Waals surface area contributed by atoms with Gasteiger partial charge in [-0.1, -0.05) is 47.1 Å². The maximum absolute atomic E-state index is 12.7. The van der Waals surface area contributed by atoms with Gasteiger partial charge in [0.15, 0.2) is 5.17 Å². The van der Waals surface area contributed by atoms with E-state index in [1.807, 2.05) is 0 Å². The summed E-state index contributed by atoms with van der Waals surface area (Å²) in [5.74, 6) is -0.432. The fraction of sp³-hybridized carbons (Fsp3) is 0.150. The molecular formula is C20H17Cl2N3O2S. The van der Waals surface area contributed by atoms with Crippen LogP contribution in [-0.4, -0.2) is 33.7 Å². The Hall–Kier alpha value is -2.28. The van der Waals surface area contributed by atoms with Gasteiger partial charge >= 0.3 is 0 Å². The molecule has 2 aromatic carbocycles. The number of benzene rings is 2. The Morgan fingerprint density at radius 2 is 1.96 bits per heavy atom. The monoisotopic (exact) mass is 433 g/mol. The number of carbonyl (C=O) groups is 2. The van der Waals surface area contributed by atoms with E-state index in [2.05, 4.69) is 16.9 Å². The van der Waals surface area contributed by atoms with E-state index in [9.17, 15) is 9.59 Å². The summed E-state index contributed by atoms with van der Waals surface area (Å²) in [7, 11) is 0. The van der Waals surface area contributed by atoms with Gasteiger partial charge in [0, 0.05) is 28.7 Å². The highest BCUT2D eigenvalue weighted by Crippen LogP contribution is 2.32. The van der Waals surface area contributed by atoms with Gasteiger partial charge in [-0.15, -0.1) is 6.58 Å². The third-order valence-electron chi connectivity index (χ3n) is 3.86. The minimum Gasteiger partial charge on any atom is -0.326 e. The third-order valence-corrected chi connectivity index (χ3v) is 5.52. The number of hydrogen-bond donors (Lipinski definition) is 1. The van der Waals surface area contributed by atoms with Crippen molar-refractivity contribution in [1.29, 1.82) is 0 Å². The van der Waals surface area contributed by atoms with E-state index in [1.165, 1.54) is 16.7 Å². The Morgan fingerprint density at radius 1 is 1.21 bits per heavy atom. The third kappa shape index (κ3) is 5.16. The van der Waals surface area contributed by atoms with Crippen LogP contribution in [0.2, 0.25) is 10.0 Å². The van der Waals surface area contributed by atoms with Crippen molar-refractivity contribution < 1.29 is 9.59 Å². The van der Waals surface area contributed by atoms with Crippen LogP contribution >= 0.6 is 35.0 Å². The van der Waals surface area contributed by atoms with Gasteiger partial charge in [-0.05, 0) is 42.5 Å². The average Bonchev–Trinajstić information content (AvgIpc) is 2.93. The van der Waals surface area contributed by atoms with Crippen LogP contribution in [0.15, 0.2) is 66.2 Å². The van der Waals surface area contributed by atoms with Gasteiger partial charge in [0.1, 0.15) is 5.25 Å². The first-order chi connectivity index (χ1) is 13.5. The molecule has 8 heteroatoms. The molecule has 0 bridgehead atoms. The summed E-state index contributed by atoms with van der Waals surface area (Å²) in [4.78, 5) is 31.2. The van der Waals surface area contributed by atoms with Crippen LogP contribution < -0.4 is 5.32 Å². The van der Waals surface area contributed by atoms with Gasteiger partial charge in [-0.3, -0.25) is 14.5 Å². The highest BCUT2D eigenvalue weighted by molar-refractivity contribution is 8.15. The molecule has 1 aliphatic heterocycles. The fourth-order valence-electron chi connectivity index (χ4n) is 2.59.